The summed E-state index contributed by atoms with van der Waals surface area (Å²) in [4.78, 5) is 12.6. The summed E-state index contributed by atoms with van der Waals surface area (Å²) in [6, 6.07) is 5.47. The molecule has 3 rings (SSSR count). The first kappa shape index (κ1) is 22.2. The van der Waals surface area contributed by atoms with Crippen molar-refractivity contribution in [1.29, 1.82) is 0 Å². The number of rotatable bonds is 8. The number of hydrogen-bond donors (Lipinski definition) is 0. The first-order valence-electron chi connectivity index (χ1n) is 9.79. The van der Waals surface area contributed by atoms with E-state index in [-0.39, 0.29) is 24.4 Å². The first-order valence-corrected chi connectivity index (χ1v) is 9.79. The SMILES string of the molecule is COc1cc(-c2nnc(COC(=O)c3cc(C)n(C(C)C)c3C)o2)cc(OC)c1OC. The minimum atomic E-state index is -0.437. The lowest BCUT2D eigenvalue weighted by atomic mass is 10.2. The number of methoxy groups -OCH3 is 3. The van der Waals surface area contributed by atoms with Crippen molar-refractivity contribution < 1.29 is 28.2 Å². The van der Waals surface area contributed by atoms with E-state index in [9.17, 15) is 4.79 Å². The van der Waals surface area contributed by atoms with Gasteiger partial charge in [-0.15, -0.1) is 10.2 Å². The van der Waals surface area contributed by atoms with E-state index < -0.39 is 5.97 Å². The zero-order valence-corrected chi connectivity index (χ0v) is 18.8. The van der Waals surface area contributed by atoms with Crippen molar-refractivity contribution in [3.8, 4) is 28.7 Å². The number of esters is 1. The normalized spacial score (nSPS) is 11.0. The number of hydrogen-bond acceptors (Lipinski definition) is 8. The summed E-state index contributed by atoms with van der Waals surface area (Å²) in [6.45, 7) is 7.86. The van der Waals surface area contributed by atoms with E-state index in [1.54, 1.807) is 12.1 Å². The molecule has 31 heavy (non-hydrogen) atoms. The lowest BCUT2D eigenvalue weighted by Gasteiger charge is -2.13. The zero-order chi connectivity index (χ0) is 22.7. The minimum Gasteiger partial charge on any atom is -0.493 e. The van der Waals surface area contributed by atoms with Crippen molar-refractivity contribution in [3.63, 3.8) is 0 Å². The standard InChI is InChI=1S/C22H27N3O6/c1-12(2)25-13(3)8-16(14(25)4)22(26)30-11-19-23-24-21(31-19)15-9-17(27-5)20(29-7)18(10-15)28-6/h8-10,12H,11H2,1-7H3. The van der Waals surface area contributed by atoms with E-state index in [2.05, 4.69) is 28.6 Å². The van der Waals surface area contributed by atoms with Gasteiger partial charge < -0.3 is 27.9 Å². The van der Waals surface area contributed by atoms with E-state index in [4.69, 9.17) is 23.4 Å². The Kier molecular flexibility index (Phi) is 6.53. The fraction of sp³-hybridized carbons (Fsp3) is 0.409. The highest BCUT2D eigenvalue weighted by Crippen LogP contribution is 2.40. The summed E-state index contributed by atoms with van der Waals surface area (Å²) < 4.78 is 29.2. The van der Waals surface area contributed by atoms with Gasteiger partial charge in [-0.2, -0.15) is 0 Å². The Balaban J connectivity index is 1.77. The molecule has 9 nitrogen and oxygen atoms in total. The number of aromatic nitrogens is 3. The molecule has 0 N–H and O–H groups in total. The quantitative estimate of drug-likeness (QED) is 0.493. The Hall–Kier alpha value is -3.49. The maximum Gasteiger partial charge on any atom is 0.340 e. The van der Waals surface area contributed by atoms with Crippen LogP contribution in [-0.2, 0) is 11.3 Å². The van der Waals surface area contributed by atoms with Crippen molar-refractivity contribution in [2.75, 3.05) is 21.3 Å². The average Bonchev–Trinajstić information content (AvgIpc) is 3.34. The highest BCUT2D eigenvalue weighted by atomic mass is 16.5. The Morgan fingerprint density at radius 3 is 2.19 bits per heavy atom. The molecule has 0 aliphatic carbocycles. The van der Waals surface area contributed by atoms with Crippen molar-refractivity contribution >= 4 is 5.97 Å². The maximum absolute atomic E-state index is 12.6. The minimum absolute atomic E-state index is 0.137. The van der Waals surface area contributed by atoms with E-state index in [0.29, 0.717) is 28.4 Å². The van der Waals surface area contributed by atoms with Gasteiger partial charge in [0, 0.05) is 23.0 Å². The summed E-state index contributed by atoms with van der Waals surface area (Å²) in [6.07, 6.45) is 0. The van der Waals surface area contributed by atoms with Gasteiger partial charge in [0.1, 0.15) is 0 Å². The number of ether oxygens (including phenoxy) is 4. The van der Waals surface area contributed by atoms with Crippen LogP contribution < -0.4 is 14.2 Å². The van der Waals surface area contributed by atoms with Crippen LogP contribution in [0.4, 0.5) is 0 Å². The fourth-order valence-electron chi connectivity index (χ4n) is 3.62. The van der Waals surface area contributed by atoms with Crippen LogP contribution in [0.3, 0.4) is 0 Å². The molecule has 1 aromatic carbocycles. The van der Waals surface area contributed by atoms with Crippen LogP contribution in [0.1, 0.15) is 47.5 Å². The van der Waals surface area contributed by atoms with Gasteiger partial charge in [0.05, 0.1) is 26.9 Å². The second kappa shape index (κ2) is 9.11. The molecule has 0 aliphatic rings. The van der Waals surface area contributed by atoms with Crippen LogP contribution in [0.15, 0.2) is 22.6 Å². The molecule has 3 aromatic rings. The highest BCUT2D eigenvalue weighted by molar-refractivity contribution is 5.91. The molecular weight excluding hydrogens is 402 g/mol. The number of carbonyl (C=O) groups excluding carboxylic acids is 1. The molecule has 0 fully saturated rings. The Bertz CT molecular complexity index is 1060. The predicted molar refractivity (Wildman–Crippen MR) is 113 cm³/mol. The van der Waals surface area contributed by atoms with Gasteiger partial charge in [-0.1, -0.05) is 0 Å². The smallest absolute Gasteiger partial charge is 0.340 e. The molecule has 0 aliphatic heterocycles. The van der Waals surface area contributed by atoms with Crippen LogP contribution in [0, 0.1) is 13.8 Å². The molecule has 0 unspecified atom stereocenters. The van der Waals surface area contributed by atoms with Crippen LogP contribution in [0.25, 0.3) is 11.5 Å². The third kappa shape index (κ3) is 4.35. The molecule has 0 bridgehead atoms. The van der Waals surface area contributed by atoms with Crippen LogP contribution >= 0.6 is 0 Å². The largest absolute Gasteiger partial charge is 0.493 e. The van der Waals surface area contributed by atoms with Crippen LogP contribution in [0.2, 0.25) is 0 Å². The van der Waals surface area contributed by atoms with Gasteiger partial charge in [-0.25, -0.2) is 4.79 Å². The van der Waals surface area contributed by atoms with Crippen molar-refractivity contribution in [2.24, 2.45) is 0 Å². The Labute approximate surface area is 180 Å². The van der Waals surface area contributed by atoms with Gasteiger partial charge in [0.25, 0.3) is 5.89 Å². The summed E-state index contributed by atoms with van der Waals surface area (Å²) in [5.74, 6) is 1.36. The molecule has 9 heteroatoms. The van der Waals surface area contributed by atoms with E-state index in [1.165, 1.54) is 21.3 Å². The van der Waals surface area contributed by atoms with Crippen molar-refractivity contribution in [3.05, 3.63) is 41.0 Å². The maximum atomic E-state index is 12.6. The lowest BCUT2D eigenvalue weighted by Crippen LogP contribution is -2.09. The fourth-order valence-corrected chi connectivity index (χ4v) is 3.62. The third-order valence-corrected chi connectivity index (χ3v) is 4.93. The van der Waals surface area contributed by atoms with E-state index >= 15 is 0 Å². The summed E-state index contributed by atoms with van der Waals surface area (Å²) in [5, 5.41) is 8.01. The average molecular weight is 429 g/mol. The van der Waals surface area contributed by atoms with Crippen LogP contribution in [-0.4, -0.2) is 42.1 Å². The summed E-state index contributed by atoms with van der Waals surface area (Å²) >= 11 is 0. The van der Waals surface area contributed by atoms with Gasteiger partial charge in [0.15, 0.2) is 18.1 Å². The van der Waals surface area contributed by atoms with Gasteiger partial charge in [-0.3, -0.25) is 0 Å². The molecule has 0 saturated carbocycles. The third-order valence-electron chi connectivity index (χ3n) is 4.93. The second-order valence-corrected chi connectivity index (χ2v) is 7.24. The molecule has 2 heterocycles. The van der Waals surface area contributed by atoms with Crippen molar-refractivity contribution in [1.82, 2.24) is 14.8 Å². The summed E-state index contributed by atoms with van der Waals surface area (Å²) in [5.41, 5.74) is 2.97. The first-order chi connectivity index (χ1) is 14.8. The molecule has 2 aromatic heterocycles. The molecule has 166 valence electrons. The topological polar surface area (TPSA) is 97.8 Å². The summed E-state index contributed by atoms with van der Waals surface area (Å²) in [7, 11) is 4.57. The lowest BCUT2D eigenvalue weighted by molar-refractivity contribution is 0.0437. The number of aryl methyl sites for hydroxylation is 1. The van der Waals surface area contributed by atoms with Gasteiger partial charge in [0.2, 0.25) is 11.6 Å². The molecule has 0 amide bonds. The number of nitrogens with zero attached hydrogens (tertiary/aromatic N) is 3. The number of carbonyl (C=O) groups is 1. The molecule has 0 spiro atoms. The zero-order valence-electron chi connectivity index (χ0n) is 18.8. The second-order valence-electron chi connectivity index (χ2n) is 7.24. The van der Waals surface area contributed by atoms with Gasteiger partial charge >= 0.3 is 5.97 Å². The van der Waals surface area contributed by atoms with Crippen molar-refractivity contribution in [2.45, 2.75) is 40.3 Å². The number of benzene rings is 1. The van der Waals surface area contributed by atoms with E-state index in [0.717, 1.165) is 11.4 Å². The molecule has 0 radical (unpaired) electrons. The predicted octanol–water partition coefficient (Wildman–Crippen LogP) is 4.12. The van der Waals surface area contributed by atoms with Gasteiger partial charge in [-0.05, 0) is 45.9 Å². The Morgan fingerprint density at radius 1 is 1.03 bits per heavy atom. The molecule has 0 atom stereocenters. The highest BCUT2D eigenvalue weighted by Gasteiger charge is 2.21. The van der Waals surface area contributed by atoms with E-state index in [1.807, 2.05) is 19.9 Å². The monoisotopic (exact) mass is 429 g/mol. The molecular formula is C22H27N3O6. The molecule has 0 saturated heterocycles. The Morgan fingerprint density at radius 2 is 1.68 bits per heavy atom. The van der Waals surface area contributed by atoms with Crippen LogP contribution in [0.5, 0.6) is 17.2 Å².